The largest absolute Gasteiger partial charge is 0.465 e. The van der Waals surface area contributed by atoms with Crippen molar-refractivity contribution in [2.45, 2.75) is 11.9 Å². The van der Waals surface area contributed by atoms with Gasteiger partial charge in [-0.2, -0.15) is 5.10 Å². The zero-order valence-corrected chi connectivity index (χ0v) is 17.7. The SMILES string of the molecule is COC(=O)c1ccc(NC(=O)CSc2ncnc3c2cnn3-c2ccccc2C)cc1. The Balaban J connectivity index is 1.46. The molecular formula is C22H19N5O3S. The van der Waals surface area contributed by atoms with Crippen LogP contribution >= 0.6 is 11.8 Å². The maximum atomic E-state index is 12.4. The zero-order valence-electron chi connectivity index (χ0n) is 16.9. The summed E-state index contributed by atoms with van der Waals surface area (Å²) < 4.78 is 6.44. The van der Waals surface area contributed by atoms with Gasteiger partial charge in [-0.25, -0.2) is 19.4 Å². The number of aryl methyl sites for hydroxylation is 1. The zero-order chi connectivity index (χ0) is 21.8. The molecule has 4 aromatic rings. The van der Waals surface area contributed by atoms with Gasteiger partial charge in [0, 0.05) is 5.69 Å². The van der Waals surface area contributed by atoms with Crippen LogP contribution < -0.4 is 5.32 Å². The number of amides is 1. The number of methoxy groups -OCH3 is 1. The van der Waals surface area contributed by atoms with Crippen LogP contribution in [0.2, 0.25) is 0 Å². The molecule has 0 saturated heterocycles. The number of rotatable bonds is 6. The second-order valence-corrected chi connectivity index (χ2v) is 7.63. The maximum Gasteiger partial charge on any atom is 0.337 e. The fraction of sp³-hybridized carbons (Fsp3) is 0.136. The Hall–Kier alpha value is -3.72. The molecule has 31 heavy (non-hydrogen) atoms. The lowest BCUT2D eigenvalue weighted by Gasteiger charge is -2.07. The van der Waals surface area contributed by atoms with Crippen LogP contribution in [-0.4, -0.2) is 44.5 Å². The van der Waals surface area contributed by atoms with Gasteiger partial charge in [-0.15, -0.1) is 0 Å². The van der Waals surface area contributed by atoms with Crippen molar-refractivity contribution in [3.05, 3.63) is 72.2 Å². The van der Waals surface area contributed by atoms with Crippen molar-refractivity contribution < 1.29 is 14.3 Å². The fourth-order valence-corrected chi connectivity index (χ4v) is 3.81. The highest BCUT2D eigenvalue weighted by molar-refractivity contribution is 8.00. The number of hydrogen-bond donors (Lipinski definition) is 1. The van der Waals surface area contributed by atoms with Crippen molar-refractivity contribution >= 4 is 40.4 Å². The van der Waals surface area contributed by atoms with Crippen LogP contribution in [-0.2, 0) is 9.53 Å². The molecule has 0 aliphatic carbocycles. The maximum absolute atomic E-state index is 12.4. The highest BCUT2D eigenvalue weighted by atomic mass is 32.2. The Bertz CT molecular complexity index is 1250. The highest BCUT2D eigenvalue weighted by Gasteiger charge is 2.14. The molecule has 0 aliphatic heterocycles. The van der Waals surface area contributed by atoms with E-state index in [1.807, 2.05) is 31.2 Å². The second-order valence-electron chi connectivity index (χ2n) is 6.66. The molecule has 1 amide bonds. The predicted molar refractivity (Wildman–Crippen MR) is 119 cm³/mol. The summed E-state index contributed by atoms with van der Waals surface area (Å²) in [6, 6.07) is 14.4. The molecule has 8 nitrogen and oxygen atoms in total. The number of aromatic nitrogens is 4. The van der Waals surface area contributed by atoms with E-state index in [-0.39, 0.29) is 11.7 Å². The number of benzene rings is 2. The predicted octanol–water partition coefficient (Wildman–Crippen LogP) is 3.64. The normalized spacial score (nSPS) is 10.8. The van der Waals surface area contributed by atoms with Crippen LogP contribution in [0, 0.1) is 6.92 Å². The van der Waals surface area contributed by atoms with Gasteiger partial charge in [-0.1, -0.05) is 30.0 Å². The third-order valence-corrected chi connectivity index (χ3v) is 5.61. The Morgan fingerprint density at radius 1 is 1.10 bits per heavy atom. The molecule has 0 atom stereocenters. The minimum atomic E-state index is -0.424. The Morgan fingerprint density at radius 3 is 2.61 bits per heavy atom. The molecule has 0 aliphatic rings. The molecule has 0 fully saturated rings. The lowest BCUT2D eigenvalue weighted by Crippen LogP contribution is -2.14. The van der Waals surface area contributed by atoms with Gasteiger partial charge >= 0.3 is 5.97 Å². The molecule has 4 rings (SSSR count). The number of ether oxygens (including phenoxy) is 1. The van der Waals surface area contributed by atoms with Crippen LogP contribution in [0.25, 0.3) is 16.7 Å². The first kappa shape index (κ1) is 20.5. The minimum Gasteiger partial charge on any atom is -0.465 e. The topological polar surface area (TPSA) is 99.0 Å². The van der Waals surface area contributed by atoms with E-state index in [1.165, 1.54) is 25.2 Å². The number of nitrogens with zero attached hydrogens (tertiary/aromatic N) is 4. The van der Waals surface area contributed by atoms with E-state index in [2.05, 4.69) is 25.1 Å². The highest BCUT2D eigenvalue weighted by Crippen LogP contribution is 2.26. The summed E-state index contributed by atoms with van der Waals surface area (Å²) in [5.41, 5.74) is 3.73. The van der Waals surface area contributed by atoms with Gasteiger partial charge in [0.25, 0.3) is 0 Å². The van der Waals surface area contributed by atoms with Crippen LogP contribution in [0.1, 0.15) is 15.9 Å². The molecule has 2 aromatic carbocycles. The number of hydrogen-bond acceptors (Lipinski definition) is 7. The number of thioether (sulfide) groups is 1. The van der Waals surface area contributed by atoms with Crippen molar-refractivity contribution in [1.82, 2.24) is 19.7 Å². The van der Waals surface area contributed by atoms with Crippen LogP contribution in [0.5, 0.6) is 0 Å². The number of carbonyl (C=O) groups excluding carboxylic acids is 2. The Morgan fingerprint density at radius 2 is 1.87 bits per heavy atom. The van der Waals surface area contributed by atoms with Gasteiger partial charge in [-0.05, 0) is 42.8 Å². The van der Waals surface area contributed by atoms with Gasteiger partial charge in [0.05, 0.1) is 35.7 Å². The van der Waals surface area contributed by atoms with Crippen molar-refractivity contribution in [1.29, 1.82) is 0 Å². The number of esters is 1. The number of carbonyl (C=O) groups is 2. The summed E-state index contributed by atoms with van der Waals surface area (Å²) in [4.78, 5) is 32.6. The summed E-state index contributed by atoms with van der Waals surface area (Å²) in [6.07, 6.45) is 3.19. The molecule has 0 spiro atoms. The van der Waals surface area contributed by atoms with Crippen LogP contribution in [0.15, 0.2) is 66.1 Å². The van der Waals surface area contributed by atoms with Crippen LogP contribution in [0.4, 0.5) is 5.69 Å². The standard InChI is InChI=1S/C22H19N5O3S/c1-14-5-3-4-6-18(14)27-20-17(11-25-27)21(24-13-23-20)31-12-19(28)26-16-9-7-15(8-10-16)22(29)30-2/h3-11,13H,12H2,1-2H3,(H,26,28). The average molecular weight is 433 g/mol. The van der Waals surface area contributed by atoms with Gasteiger partial charge in [0.15, 0.2) is 5.65 Å². The molecule has 2 heterocycles. The van der Waals surface area contributed by atoms with Gasteiger partial charge in [0.1, 0.15) is 11.4 Å². The smallest absolute Gasteiger partial charge is 0.337 e. The van der Waals surface area contributed by atoms with Gasteiger partial charge in [0.2, 0.25) is 5.91 Å². The molecule has 9 heteroatoms. The summed E-state index contributed by atoms with van der Waals surface area (Å²) in [7, 11) is 1.32. The van der Waals surface area contributed by atoms with E-state index in [0.29, 0.717) is 21.9 Å². The first-order valence-electron chi connectivity index (χ1n) is 9.42. The molecule has 1 N–H and O–H groups in total. The van der Waals surface area contributed by atoms with E-state index in [1.54, 1.807) is 35.1 Å². The number of nitrogens with one attached hydrogen (secondary N) is 1. The number of anilines is 1. The third kappa shape index (κ3) is 4.41. The van der Waals surface area contributed by atoms with Crippen LogP contribution in [0.3, 0.4) is 0 Å². The van der Waals surface area contributed by atoms with Crippen molar-refractivity contribution in [2.24, 2.45) is 0 Å². The van der Waals surface area contributed by atoms with E-state index in [0.717, 1.165) is 16.6 Å². The summed E-state index contributed by atoms with van der Waals surface area (Å²) in [5.74, 6) is -0.443. The summed E-state index contributed by atoms with van der Waals surface area (Å²) in [6.45, 7) is 2.02. The molecule has 0 saturated carbocycles. The third-order valence-electron chi connectivity index (χ3n) is 4.60. The minimum absolute atomic E-state index is 0.167. The van der Waals surface area contributed by atoms with E-state index >= 15 is 0 Å². The molecule has 2 aromatic heterocycles. The van der Waals surface area contributed by atoms with Crippen molar-refractivity contribution in [2.75, 3.05) is 18.2 Å². The summed E-state index contributed by atoms with van der Waals surface area (Å²) in [5, 5.41) is 8.75. The second kappa shape index (κ2) is 8.97. The molecule has 0 radical (unpaired) electrons. The monoisotopic (exact) mass is 433 g/mol. The van der Waals surface area contributed by atoms with Gasteiger partial charge in [-0.3, -0.25) is 4.79 Å². The van der Waals surface area contributed by atoms with Crippen molar-refractivity contribution in [3.63, 3.8) is 0 Å². The van der Waals surface area contributed by atoms with E-state index in [9.17, 15) is 9.59 Å². The Kier molecular flexibility index (Phi) is 5.94. The lowest BCUT2D eigenvalue weighted by molar-refractivity contribution is -0.113. The fourth-order valence-electron chi connectivity index (χ4n) is 3.05. The first-order valence-corrected chi connectivity index (χ1v) is 10.4. The average Bonchev–Trinajstić information content (AvgIpc) is 3.22. The Labute approximate surface area is 182 Å². The summed E-state index contributed by atoms with van der Waals surface area (Å²) >= 11 is 1.31. The molecule has 0 bridgehead atoms. The van der Waals surface area contributed by atoms with Crippen molar-refractivity contribution in [3.8, 4) is 5.69 Å². The van der Waals surface area contributed by atoms with Gasteiger partial charge < -0.3 is 10.1 Å². The molecular weight excluding hydrogens is 414 g/mol. The first-order chi connectivity index (χ1) is 15.1. The number of para-hydroxylation sites is 1. The quantitative estimate of drug-likeness (QED) is 0.282. The molecule has 0 unspecified atom stereocenters. The van der Waals surface area contributed by atoms with E-state index in [4.69, 9.17) is 0 Å². The van der Waals surface area contributed by atoms with E-state index < -0.39 is 5.97 Å². The molecule has 156 valence electrons. The number of fused-ring (bicyclic) bond motifs is 1. The lowest BCUT2D eigenvalue weighted by atomic mass is 10.2.